The van der Waals surface area contributed by atoms with Crippen LogP contribution in [0.25, 0.3) is 0 Å². The van der Waals surface area contributed by atoms with E-state index in [-0.39, 0.29) is 34.5 Å². The van der Waals surface area contributed by atoms with Crippen LogP contribution in [0.15, 0.2) is 23.1 Å². The van der Waals surface area contributed by atoms with Crippen molar-refractivity contribution in [2.45, 2.75) is 18.2 Å². The van der Waals surface area contributed by atoms with E-state index in [0.717, 1.165) is 4.31 Å². The molecule has 8 heteroatoms. The zero-order valence-electron chi connectivity index (χ0n) is 10.1. The molecule has 0 saturated heterocycles. The number of sulfonamides is 1. The Hall–Kier alpha value is -0.820. The number of carboxylic acid groups (broad SMARTS) is 1. The van der Waals surface area contributed by atoms with E-state index in [1.165, 1.54) is 18.2 Å². The van der Waals surface area contributed by atoms with Crippen molar-refractivity contribution in [2.75, 3.05) is 13.1 Å². The van der Waals surface area contributed by atoms with Crippen LogP contribution in [0, 0.1) is 0 Å². The lowest BCUT2D eigenvalue weighted by molar-refractivity contribution is -0.137. The fourth-order valence-corrected chi connectivity index (χ4v) is 3.67. The molecule has 5 nitrogen and oxygen atoms in total. The topological polar surface area (TPSA) is 74.7 Å². The number of benzene rings is 1. The Morgan fingerprint density at radius 3 is 2.53 bits per heavy atom. The lowest BCUT2D eigenvalue weighted by Crippen LogP contribution is -2.33. The number of hydrogen-bond acceptors (Lipinski definition) is 3. The van der Waals surface area contributed by atoms with Crippen LogP contribution in [-0.4, -0.2) is 36.9 Å². The molecule has 1 aromatic rings. The molecule has 0 atom stereocenters. The van der Waals surface area contributed by atoms with Crippen LogP contribution in [-0.2, 0) is 14.8 Å². The standard InChI is InChI=1S/C11H13Cl2NO4S/c1-2-14(6-5-11(15)16)19(17,18)10-7-8(12)3-4-9(10)13/h3-4,7H,2,5-6H2,1H3,(H,15,16). The molecule has 0 saturated carbocycles. The second-order valence-electron chi connectivity index (χ2n) is 3.72. The van der Waals surface area contributed by atoms with Crippen LogP contribution in [0.2, 0.25) is 10.0 Å². The van der Waals surface area contributed by atoms with E-state index in [1.807, 2.05) is 0 Å². The van der Waals surface area contributed by atoms with E-state index in [4.69, 9.17) is 28.3 Å². The molecule has 0 radical (unpaired) electrons. The van der Waals surface area contributed by atoms with E-state index in [0.29, 0.717) is 0 Å². The number of halogens is 2. The predicted octanol–water partition coefficient (Wildman–Crippen LogP) is 2.48. The first-order valence-corrected chi connectivity index (χ1v) is 7.65. The highest BCUT2D eigenvalue weighted by Gasteiger charge is 2.26. The Bertz CT molecular complexity index is 574. The molecule has 19 heavy (non-hydrogen) atoms. The van der Waals surface area contributed by atoms with Crippen LogP contribution < -0.4 is 0 Å². The molecule has 1 rings (SSSR count). The lowest BCUT2D eigenvalue weighted by atomic mass is 10.4. The third-order valence-electron chi connectivity index (χ3n) is 2.44. The van der Waals surface area contributed by atoms with Gasteiger partial charge >= 0.3 is 5.97 Å². The first kappa shape index (κ1) is 16.2. The van der Waals surface area contributed by atoms with Gasteiger partial charge < -0.3 is 5.11 Å². The average Bonchev–Trinajstić information content (AvgIpc) is 2.32. The average molecular weight is 326 g/mol. The van der Waals surface area contributed by atoms with E-state index in [9.17, 15) is 13.2 Å². The molecule has 0 aliphatic rings. The van der Waals surface area contributed by atoms with Gasteiger partial charge in [0, 0.05) is 18.1 Å². The van der Waals surface area contributed by atoms with Crippen LogP contribution in [0.4, 0.5) is 0 Å². The van der Waals surface area contributed by atoms with Gasteiger partial charge in [0.15, 0.2) is 0 Å². The van der Waals surface area contributed by atoms with Crippen LogP contribution >= 0.6 is 23.2 Å². The van der Waals surface area contributed by atoms with Gasteiger partial charge in [-0.15, -0.1) is 0 Å². The highest BCUT2D eigenvalue weighted by atomic mass is 35.5. The van der Waals surface area contributed by atoms with E-state index >= 15 is 0 Å². The van der Waals surface area contributed by atoms with Gasteiger partial charge in [-0.3, -0.25) is 4.79 Å². The maximum Gasteiger partial charge on any atom is 0.304 e. The van der Waals surface area contributed by atoms with Gasteiger partial charge in [0.25, 0.3) is 0 Å². The largest absolute Gasteiger partial charge is 0.481 e. The summed E-state index contributed by atoms with van der Waals surface area (Å²) in [5.41, 5.74) is 0. The van der Waals surface area contributed by atoms with Crippen LogP contribution in [0.3, 0.4) is 0 Å². The lowest BCUT2D eigenvalue weighted by Gasteiger charge is -2.20. The Morgan fingerprint density at radius 2 is 2.00 bits per heavy atom. The molecular formula is C11H13Cl2NO4S. The quantitative estimate of drug-likeness (QED) is 0.871. The third kappa shape index (κ3) is 4.07. The third-order valence-corrected chi connectivity index (χ3v) is 5.13. The Balaban J connectivity index is 3.13. The molecule has 0 unspecified atom stereocenters. The van der Waals surface area contributed by atoms with Gasteiger partial charge in [-0.05, 0) is 18.2 Å². The molecular weight excluding hydrogens is 313 g/mol. The number of rotatable bonds is 6. The van der Waals surface area contributed by atoms with E-state index < -0.39 is 16.0 Å². The minimum Gasteiger partial charge on any atom is -0.481 e. The van der Waals surface area contributed by atoms with Crippen LogP contribution in [0.5, 0.6) is 0 Å². The van der Waals surface area contributed by atoms with Gasteiger partial charge in [0.2, 0.25) is 10.0 Å². The highest BCUT2D eigenvalue weighted by Crippen LogP contribution is 2.27. The highest BCUT2D eigenvalue weighted by molar-refractivity contribution is 7.89. The number of nitrogens with zero attached hydrogens (tertiary/aromatic N) is 1. The van der Waals surface area contributed by atoms with Gasteiger partial charge in [0.1, 0.15) is 4.90 Å². The van der Waals surface area contributed by atoms with Crippen molar-refractivity contribution < 1.29 is 18.3 Å². The fourth-order valence-electron chi connectivity index (χ4n) is 1.48. The van der Waals surface area contributed by atoms with Crippen molar-refractivity contribution in [1.82, 2.24) is 4.31 Å². The predicted molar refractivity (Wildman–Crippen MR) is 73.1 cm³/mol. The van der Waals surface area contributed by atoms with Crippen molar-refractivity contribution in [3.63, 3.8) is 0 Å². The normalized spacial score (nSPS) is 11.8. The molecule has 0 fully saturated rings. The van der Waals surface area contributed by atoms with Crippen molar-refractivity contribution in [3.8, 4) is 0 Å². The summed E-state index contributed by atoms with van der Waals surface area (Å²) in [6.07, 6.45) is -0.273. The molecule has 0 bridgehead atoms. The van der Waals surface area contributed by atoms with Gasteiger partial charge in [-0.1, -0.05) is 30.1 Å². The summed E-state index contributed by atoms with van der Waals surface area (Å²) in [7, 11) is -3.85. The van der Waals surface area contributed by atoms with Crippen molar-refractivity contribution in [3.05, 3.63) is 28.2 Å². The molecule has 0 aliphatic heterocycles. The maximum absolute atomic E-state index is 12.3. The minimum absolute atomic E-state index is 0.0539. The monoisotopic (exact) mass is 325 g/mol. The Morgan fingerprint density at radius 1 is 1.37 bits per heavy atom. The molecule has 0 aliphatic carbocycles. The second-order valence-corrected chi connectivity index (χ2v) is 6.47. The molecule has 0 heterocycles. The second kappa shape index (κ2) is 6.56. The first-order valence-electron chi connectivity index (χ1n) is 5.46. The maximum atomic E-state index is 12.3. The summed E-state index contributed by atoms with van der Waals surface area (Å²) >= 11 is 11.6. The molecule has 0 spiro atoms. The fraction of sp³-hybridized carbons (Fsp3) is 0.364. The summed E-state index contributed by atoms with van der Waals surface area (Å²) in [6.45, 7) is 1.66. The number of aliphatic carboxylic acids is 1. The van der Waals surface area contributed by atoms with Crippen molar-refractivity contribution >= 4 is 39.2 Å². The zero-order chi connectivity index (χ0) is 14.6. The van der Waals surface area contributed by atoms with Crippen molar-refractivity contribution in [2.24, 2.45) is 0 Å². The summed E-state index contributed by atoms with van der Waals surface area (Å²) in [5.74, 6) is -1.06. The molecule has 0 amide bonds. The molecule has 1 N–H and O–H groups in total. The van der Waals surface area contributed by atoms with Crippen molar-refractivity contribution in [1.29, 1.82) is 0 Å². The smallest absolute Gasteiger partial charge is 0.304 e. The summed E-state index contributed by atoms with van der Waals surface area (Å²) in [4.78, 5) is 10.4. The number of carbonyl (C=O) groups is 1. The SMILES string of the molecule is CCN(CCC(=O)O)S(=O)(=O)c1cc(Cl)ccc1Cl. The van der Waals surface area contributed by atoms with E-state index in [1.54, 1.807) is 6.92 Å². The van der Waals surface area contributed by atoms with Gasteiger partial charge in [0.05, 0.1) is 11.4 Å². The van der Waals surface area contributed by atoms with Crippen LogP contribution in [0.1, 0.15) is 13.3 Å². The van der Waals surface area contributed by atoms with E-state index in [2.05, 4.69) is 0 Å². The van der Waals surface area contributed by atoms with Gasteiger partial charge in [-0.2, -0.15) is 4.31 Å². The summed E-state index contributed by atoms with van der Waals surface area (Å²) in [5, 5.41) is 8.93. The molecule has 0 aromatic heterocycles. The number of carboxylic acids is 1. The van der Waals surface area contributed by atoms with Gasteiger partial charge in [-0.25, -0.2) is 8.42 Å². The summed E-state index contributed by atoms with van der Waals surface area (Å²) in [6, 6.07) is 4.13. The Labute approximate surface area is 121 Å². The zero-order valence-corrected chi connectivity index (χ0v) is 12.5. The minimum atomic E-state index is -3.85. The Kier molecular flexibility index (Phi) is 5.61. The summed E-state index contributed by atoms with van der Waals surface area (Å²) < 4.78 is 25.7. The first-order chi connectivity index (χ1) is 8.78. The number of hydrogen-bond donors (Lipinski definition) is 1. The molecule has 106 valence electrons. The molecule has 1 aromatic carbocycles.